The number of halogens is 1. The van der Waals surface area contributed by atoms with Crippen LogP contribution in [0.15, 0.2) is 17.2 Å². The van der Waals surface area contributed by atoms with Crippen LogP contribution in [0.5, 0.6) is 0 Å². The van der Waals surface area contributed by atoms with Crippen molar-refractivity contribution in [2.24, 2.45) is 0 Å². The number of hydrogen-bond donors (Lipinski definition) is 2. The molecule has 1 aromatic heterocycles. The zero-order chi connectivity index (χ0) is 13.4. The third-order valence-corrected chi connectivity index (χ3v) is 4.15. The number of amides is 1. The first-order valence-corrected chi connectivity index (χ1v) is 7.64. The van der Waals surface area contributed by atoms with Crippen molar-refractivity contribution in [2.45, 2.75) is 23.8 Å². The molecule has 2 heterocycles. The van der Waals surface area contributed by atoms with E-state index in [0.717, 1.165) is 6.42 Å². The molecule has 18 heavy (non-hydrogen) atoms. The van der Waals surface area contributed by atoms with Crippen molar-refractivity contribution in [1.29, 1.82) is 0 Å². The van der Waals surface area contributed by atoms with Gasteiger partial charge in [0.15, 0.2) is 0 Å². The van der Waals surface area contributed by atoms with Gasteiger partial charge in [0.2, 0.25) is 0 Å². The van der Waals surface area contributed by atoms with Crippen molar-refractivity contribution in [1.82, 2.24) is 10.3 Å². The molecule has 1 aliphatic rings. The summed E-state index contributed by atoms with van der Waals surface area (Å²) in [5.74, 6) is -0.380. The van der Waals surface area contributed by atoms with Crippen molar-refractivity contribution in [3.05, 3.63) is 18.0 Å². The Hall–Kier alpha value is -1.05. The van der Waals surface area contributed by atoms with Crippen LogP contribution in [0.2, 0.25) is 0 Å². The molecule has 1 fully saturated rings. The Morgan fingerprint density at radius 2 is 2.33 bits per heavy atom. The molecule has 1 atom stereocenters. The van der Waals surface area contributed by atoms with Crippen LogP contribution in [-0.2, 0) is 13.8 Å². The maximum absolute atomic E-state index is 11.9. The lowest BCUT2D eigenvalue weighted by Gasteiger charge is -2.22. The van der Waals surface area contributed by atoms with Crippen molar-refractivity contribution < 1.29 is 17.9 Å². The van der Waals surface area contributed by atoms with E-state index in [9.17, 15) is 13.2 Å². The molecule has 0 aliphatic carbocycles. The van der Waals surface area contributed by atoms with Crippen LogP contribution in [0, 0.1) is 0 Å². The molecular formula is C10H13ClN2O4S. The van der Waals surface area contributed by atoms with Crippen LogP contribution in [0.4, 0.5) is 0 Å². The highest BCUT2D eigenvalue weighted by Gasteiger charge is 2.32. The second kappa shape index (κ2) is 4.56. The highest BCUT2D eigenvalue weighted by Crippen LogP contribution is 2.19. The summed E-state index contributed by atoms with van der Waals surface area (Å²) in [7, 11) is 1.35. The summed E-state index contributed by atoms with van der Waals surface area (Å²) in [4.78, 5) is 14.4. The SMILES string of the molecule is CC1(NC(=O)c2cc(S(=O)(=O)Cl)c[nH]2)CCOC1. The molecule has 2 rings (SSSR count). The molecule has 8 heteroatoms. The quantitative estimate of drug-likeness (QED) is 0.809. The number of ether oxygens (including phenoxy) is 1. The minimum absolute atomic E-state index is 0.123. The van der Waals surface area contributed by atoms with Gasteiger partial charge in [0, 0.05) is 23.5 Å². The Morgan fingerprint density at radius 3 is 2.83 bits per heavy atom. The summed E-state index contributed by atoms with van der Waals surface area (Å²) in [5, 5.41) is 2.80. The number of rotatable bonds is 3. The van der Waals surface area contributed by atoms with Crippen molar-refractivity contribution in [2.75, 3.05) is 13.2 Å². The molecule has 0 spiro atoms. The first-order chi connectivity index (χ1) is 8.30. The van der Waals surface area contributed by atoms with Gasteiger partial charge in [-0.25, -0.2) is 8.42 Å². The highest BCUT2D eigenvalue weighted by atomic mass is 35.7. The number of aromatic amines is 1. The van der Waals surface area contributed by atoms with E-state index in [2.05, 4.69) is 10.3 Å². The van der Waals surface area contributed by atoms with Gasteiger partial charge in [0.25, 0.3) is 15.0 Å². The third kappa shape index (κ3) is 2.85. The summed E-state index contributed by atoms with van der Waals surface area (Å²) in [6.07, 6.45) is 1.91. The Kier molecular flexibility index (Phi) is 3.39. The van der Waals surface area contributed by atoms with Crippen molar-refractivity contribution in [3.8, 4) is 0 Å². The van der Waals surface area contributed by atoms with Gasteiger partial charge in [-0.15, -0.1) is 0 Å². The molecule has 0 saturated carbocycles. The lowest BCUT2D eigenvalue weighted by Crippen LogP contribution is -2.46. The van der Waals surface area contributed by atoms with Gasteiger partial charge in [-0.05, 0) is 19.4 Å². The number of hydrogen-bond acceptors (Lipinski definition) is 4. The van der Waals surface area contributed by atoms with Gasteiger partial charge >= 0.3 is 0 Å². The van der Waals surface area contributed by atoms with Crippen LogP contribution in [-0.4, -0.2) is 38.1 Å². The maximum atomic E-state index is 11.9. The molecule has 6 nitrogen and oxygen atoms in total. The average molecular weight is 293 g/mol. The molecule has 1 unspecified atom stereocenters. The van der Waals surface area contributed by atoms with Gasteiger partial charge < -0.3 is 15.0 Å². The smallest absolute Gasteiger partial charge is 0.268 e. The molecule has 0 radical (unpaired) electrons. The summed E-state index contributed by atoms with van der Waals surface area (Å²) in [6, 6.07) is 1.21. The number of carbonyl (C=O) groups excluding carboxylic acids is 1. The Bertz CT molecular complexity index is 560. The normalized spacial score (nSPS) is 24.1. The lowest BCUT2D eigenvalue weighted by atomic mass is 10.0. The molecule has 100 valence electrons. The van der Waals surface area contributed by atoms with Gasteiger partial charge in [0.1, 0.15) is 10.6 Å². The van der Waals surface area contributed by atoms with Gasteiger partial charge in [0.05, 0.1) is 12.1 Å². The zero-order valence-corrected chi connectivity index (χ0v) is 11.3. The number of H-pyrrole nitrogens is 1. The third-order valence-electron chi connectivity index (χ3n) is 2.82. The summed E-state index contributed by atoms with van der Waals surface area (Å²) in [6.45, 7) is 2.92. The number of carbonyl (C=O) groups is 1. The van der Waals surface area contributed by atoms with Crippen molar-refractivity contribution >= 4 is 25.6 Å². The topological polar surface area (TPSA) is 88.3 Å². The summed E-state index contributed by atoms with van der Waals surface area (Å²) >= 11 is 0. The largest absolute Gasteiger partial charge is 0.379 e. The van der Waals surface area contributed by atoms with Crippen LogP contribution in [0.1, 0.15) is 23.8 Å². The van der Waals surface area contributed by atoms with Crippen molar-refractivity contribution in [3.63, 3.8) is 0 Å². The minimum atomic E-state index is -3.82. The fraction of sp³-hybridized carbons (Fsp3) is 0.500. The highest BCUT2D eigenvalue weighted by molar-refractivity contribution is 8.13. The van der Waals surface area contributed by atoms with Gasteiger partial charge in [-0.3, -0.25) is 4.79 Å². The molecular weight excluding hydrogens is 280 g/mol. The molecule has 0 aromatic carbocycles. The van der Waals surface area contributed by atoms with E-state index in [0.29, 0.717) is 13.2 Å². The van der Waals surface area contributed by atoms with Gasteiger partial charge in [-0.2, -0.15) is 0 Å². The summed E-state index contributed by atoms with van der Waals surface area (Å²) in [5.41, 5.74) is -0.260. The summed E-state index contributed by atoms with van der Waals surface area (Å²) < 4.78 is 27.4. The predicted molar refractivity (Wildman–Crippen MR) is 65.1 cm³/mol. The average Bonchev–Trinajstić information content (AvgIpc) is 2.84. The second-order valence-corrected chi connectivity index (χ2v) is 7.07. The van der Waals surface area contributed by atoms with E-state index in [1.807, 2.05) is 6.92 Å². The molecule has 1 aromatic rings. The Morgan fingerprint density at radius 1 is 1.61 bits per heavy atom. The minimum Gasteiger partial charge on any atom is -0.379 e. The maximum Gasteiger partial charge on any atom is 0.268 e. The molecule has 2 N–H and O–H groups in total. The standard InChI is InChI=1S/C10H13ClN2O4S/c1-10(2-3-17-6-10)13-9(14)8-4-7(5-12-8)18(11,15)16/h4-5,12H,2-3,6H2,1H3,(H,13,14). The number of nitrogens with one attached hydrogen (secondary N) is 2. The van der Waals surface area contributed by atoms with E-state index < -0.39 is 14.6 Å². The van der Waals surface area contributed by atoms with E-state index >= 15 is 0 Å². The molecule has 1 saturated heterocycles. The second-order valence-electron chi connectivity index (χ2n) is 4.50. The van der Waals surface area contributed by atoms with Crippen LogP contribution in [0.3, 0.4) is 0 Å². The molecule has 1 aliphatic heterocycles. The van der Waals surface area contributed by atoms with E-state index in [1.165, 1.54) is 12.3 Å². The fourth-order valence-corrected chi connectivity index (χ4v) is 2.48. The first kappa shape index (κ1) is 13.4. The first-order valence-electron chi connectivity index (χ1n) is 5.34. The molecule has 1 amide bonds. The van der Waals surface area contributed by atoms with E-state index in [-0.39, 0.29) is 16.5 Å². The monoisotopic (exact) mass is 292 g/mol. The van der Waals surface area contributed by atoms with E-state index in [1.54, 1.807) is 0 Å². The Labute approximate surface area is 109 Å². The van der Waals surface area contributed by atoms with E-state index in [4.69, 9.17) is 15.4 Å². The van der Waals surface area contributed by atoms with Crippen LogP contribution >= 0.6 is 10.7 Å². The fourth-order valence-electron chi connectivity index (χ4n) is 1.75. The predicted octanol–water partition coefficient (Wildman–Crippen LogP) is 0.851. The van der Waals surface area contributed by atoms with Crippen LogP contribution < -0.4 is 5.32 Å². The Balaban J connectivity index is 2.12. The number of aromatic nitrogens is 1. The lowest BCUT2D eigenvalue weighted by molar-refractivity contribution is 0.0885. The van der Waals surface area contributed by atoms with Gasteiger partial charge in [-0.1, -0.05) is 0 Å². The van der Waals surface area contributed by atoms with Crippen LogP contribution in [0.25, 0.3) is 0 Å². The molecule has 0 bridgehead atoms. The zero-order valence-electron chi connectivity index (χ0n) is 9.70.